The van der Waals surface area contributed by atoms with Gasteiger partial charge in [-0.05, 0) is 62.6 Å². The van der Waals surface area contributed by atoms with Gasteiger partial charge in [-0.1, -0.05) is 22.9 Å². The fraction of sp³-hybridized carbons (Fsp3) is 0.286. The van der Waals surface area contributed by atoms with E-state index in [0.717, 1.165) is 30.5 Å². The minimum Gasteiger partial charge on any atom is -0.337 e. The Morgan fingerprint density at radius 2 is 1.89 bits per heavy atom. The Balaban J connectivity index is 1.53. The first-order valence-corrected chi connectivity index (χ1v) is 9.34. The van der Waals surface area contributed by atoms with E-state index in [9.17, 15) is 9.18 Å². The van der Waals surface area contributed by atoms with Gasteiger partial charge in [-0.25, -0.2) is 9.18 Å². The molecule has 6 nitrogen and oxygen atoms in total. The lowest BCUT2D eigenvalue weighted by atomic mass is 10.0. The highest BCUT2D eigenvalue weighted by atomic mass is 19.1. The van der Waals surface area contributed by atoms with Crippen molar-refractivity contribution in [1.82, 2.24) is 15.0 Å². The molecule has 0 radical (unpaired) electrons. The van der Waals surface area contributed by atoms with E-state index in [2.05, 4.69) is 15.5 Å². The third-order valence-electron chi connectivity index (χ3n) is 4.90. The molecule has 4 rings (SSSR count). The molecule has 2 amide bonds. The van der Waals surface area contributed by atoms with Crippen LogP contribution in [0.3, 0.4) is 0 Å². The van der Waals surface area contributed by atoms with E-state index in [1.165, 1.54) is 12.1 Å². The number of carbonyl (C=O) groups is 1. The van der Waals surface area contributed by atoms with Gasteiger partial charge in [0.1, 0.15) is 11.9 Å². The van der Waals surface area contributed by atoms with Crippen LogP contribution in [0.2, 0.25) is 0 Å². The summed E-state index contributed by atoms with van der Waals surface area (Å²) in [5.41, 5.74) is 2.55. The van der Waals surface area contributed by atoms with Crippen molar-refractivity contribution in [2.24, 2.45) is 0 Å². The molecule has 1 aliphatic heterocycles. The standard InChI is InChI=1S/C21H21FN4O2/c1-14-5-11-17(12-6-14)23-21(27)26-13-3-2-4-18(26)20-24-19(25-28-20)15-7-9-16(22)10-8-15/h5-12,18H,2-4,13H2,1H3,(H,23,27)/t18-/m1/s1. The zero-order valence-electron chi connectivity index (χ0n) is 15.6. The lowest BCUT2D eigenvalue weighted by molar-refractivity contribution is 0.142. The molecule has 1 fully saturated rings. The molecule has 3 aromatic rings. The van der Waals surface area contributed by atoms with Crippen molar-refractivity contribution < 1.29 is 13.7 Å². The van der Waals surface area contributed by atoms with Gasteiger partial charge in [0, 0.05) is 17.8 Å². The van der Waals surface area contributed by atoms with Crippen molar-refractivity contribution >= 4 is 11.7 Å². The number of aromatic nitrogens is 2. The number of hydrogen-bond donors (Lipinski definition) is 1. The highest BCUT2D eigenvalue weighted by molar-refractivity contribution is 5.89. The van der Waals surface area contributed by atoms with E-state index < -0.39 is 0 Å². The summed E-state index contributed by atoms with van der Waals surface area (Å²) in [6.45, 7) is 2.62. The summed E-state index contributed by atoms with van der Waals surface area (Å²) in [5, 5.41) is 6.95. The number of nitrogens with one attached hydrogen (secondary N) is 1. The van der Waals surface area contributed by atoms with Crippen LogP contribution in [0.4, 0.5) is 14.9 Å². The van der Waals surface area contributed by atoms with Crippen molar-refractivity contribution in [1.29, 1.82) is 0 Å². The highest BCUT2D eigenvalue weighted by Gasteiger charge is 2.32. The predicted molar refractivity (Wildman–Crippen MR) is 103 cm³/mol. The summed E-state index contributed by atoms with van der Waals surface area (Å²) in [5.74, 6) is 0.469. The van der Waals surface area contributed by atoms with Gasteiger partial charge in [-0.2, -0.15) is 4.98 Å². The molecular weight excluding hydrogens is 359 g/mol. The quantitative estimate of drug-likeness (QED) is 0.698. The molecule has 1 saturated heterocycles. The first kappa shape index (κ1) is 18.2. The van der Waals surface area contributed by atoms with Crippen LogP contribution < -0.4 is 5.32 Å². The second-order valence-corrected chi connectivity index (χ2v) is 6.96. The number of hydrogen-bond acceptors (Lipinski definition) is 4. The maximum absolute atomic E-state index is 13.1. The first-order valence-electron chi connectivity index (χ1n) is 9.34. The third-order valence-corrected chi connectivity index (χ3v) is 4.90. The number of carbonyl (C=O) groups excluding carboxylic acids is 1. The van der Waals surface area contributed by atoms with E-state index in [1.807, 2.05) is 31.2 Å². The number of piperidine rings is 1. The van der Waals surface area contributed by atoms with Crippen molar-refractivity contribution in [2.75, 3.05) is 11.9 Å². The summed E-state index contributed by atoms with van der Waals surface area (Å²) in [6, 6.07) is 13.1. The van der Waals surface area contributed by atoms with Crippen LogP contribution in [0.25, 0.3) is 11.4 Å². The van der Waals surface area contributed by atoms with Crippen LogP contribution in [-0.2, 0) is 0 Å². The summed E-state index contributed by atoms with van der Waals surface area (Å²) < 4.78 is 18.6. The maximum atomic E-state index is 13.1. The average molecular weight is 380 g/mol. The number of urea groups is 1. The Morgan fingerprint density at radius 3 is 2.64 bits per heavy atom. The van der Waals surface area contributed by atoms with Crippen molar-refractivity contribution in [3.05, 3.63) is 65.8 Å². The minimum atomic E-state index is -0.321. The van der Waals surface area contributed by atoms with E-state index in [1.54, 1.807) is 17.0 Å². The Kier molecular flexibility index (Phi) is 5.06. The minimum absolute atomic E-state index is 0.185. The van der Waals surface area contributed by atoms with Crippen molar-refractivity contribution in [3.8, 4) is 11.4 Å². The zero-order valence-corrected chi connectivity index (χ0v) is 15.6. The van der Waals surface area contributed by atoms with Crippen LogP contribution >= 0.6 is 0 Å². The van der Waals surface area contributed by atoms with Gasteiger partial charge < -0.3 is 14.7 Å². The van der Waals surface area contributed by atoms with Crippen LogP contribution in [0, 0.1) is 12.7 Å². The lowest BCUT2D eigenvalue weighted by Gasteiger charge is -2.33. The Morgan fingerprint density at radius 1 is 1.14 bits per heavy atom. The SMILES string of the molecule is Cc1ccc(NC(=O)N2CCCC[C@@H]2c2nc(-c3ccc(F)cc3)no2)cc1. The van der Waals surface area contributed by atoms with Gasteiger partial charge in [-0.15, -0.1) is 0 Å². The molecule has 1 aliphatic rings. The van der Waals surface area contributed by atoms with E-state index in [4.69, 9.17) is 4.52 Å². The largest absolute Gasteiger partial charge is 0.337 e. The summed E-state index contributed by atoms with van der Waals surface area (Å²) in [6.07, 6.45) is 2.66. The molecule has 144 valence electrons. The summed E-state index contributed by atoms with van der Waals surface area (Å²) in [7, 11) is 0. The molecule has 0 aliphatic carbocycles. The van der Waals surface area contributed by atoms with Gasteiger partial charge in [0.2, 0.25) is 11.7 Å². The molecule has 2 aromatic carbocycles. The molecule has 7 heteroatoms. The van der Waals surface area contributed by atoms with Crippen LogP contribution in [0.15, 0.2) is 53.1 Å². The number of aryl methyl sites for hydroxylation is 1. The smallest absolute Gasteiger partial charge is 0.322 e. The Bertz CT molecular complexity index is 953. The molecular formula is C21H21FN4O2. The fourth-order valence-electron chi connectivity index (χ4n) is 3.35. The number of halogens is 1. The number of benzene rings is 2. The monoisotopic (exact) mass is 380 g/mol. The van der Waals surface area contributed by atoms with Gasteiger partial charge in [0.15, 0.2) is 0 Å². The van der Waals surface area contributed by atoms with E-state index in [0.29, 0.717) is 23.8 Å². The number of anilines is 1. The number of nitrogens with zero attached hydrogens (tertiary/aromatic N) is 3. The summed E-state index contributed by atoms with van der Waals surface area (Å²) in [4.78, 5) is 19.0. The van der Waals surface area contributed by atoms with E-state index >= 15 is 0 Å². The highest BCUT2D eigenvalue weighted by Crippen LogP contribution is 2.31. The lowest BCUT2D eigenvalue weighted by Crippen LogP contribution is -2.41. The maximum Gasteiger partial charge on any atom is 0.322 e. The average Bonchev–Trinajstić information content (AvgIpc) is 3.20. The third kappa shape index (κ3) is 3.88. The molecule has 0 spiro atoms. The second kappa shape index (κ2) is 7.80. The fourth-order valence-corrected chi connectivity index (χ4v) is 3.35. The molecule has 1 N–H and O–H groups in total. The van der Waals surface area contributed by atoms with Gasteiger partial charge in [-0.3, -0.25) is 0 Å². The van der Waals surface area contributed by atoms with Crippen LogP contribution in [0.5, 0.6) is 0 Å². The molecule has 0 bridgehead atoms. The van der Waals surface area contributed by atoms with Gasteiger partial charge in [0.05, 0.1) is 0 Å². The molecule has 0 unspecified atom stereocenters. The molecule has 0 saturated carbocycles. The first-order chi connectivity index (χ1) is 13.6. The topological polar surface area (TPSA) is 71.3 Å². The van der Waals surface area contributed by atoms with E-state index in [-0.39, 0.29) is 17.9 Å². The van der Waals surface area contributed by atoms with Crippen molar-refractivity contribution in [3.63, 3.8) is 0 Å². The normalized spacial score (nSPS) is 16.8. The van der Waals surface area contributed by atoms with Crippen molar-refractivity contribution in [2.45, 2.75) is 32.2 Å². The molecule has 1 atom stereocenters. The predicted octanol–water partition coefficient (Wildman–Crippen LogP) is 4.94. The molecule has 2 heterocycles. The Hall–Kier alpha value is -3.22. The molecule has 1 aromatic heterocycles. The van der Waals surface area contributed by atoms with Gasteiger partial charge >= 0.3 is 6.03 Å². The number of rotatable bonds is 3. The van der Waals surface area contributed by atoms with Crippen LogP contribution in [-0.4, -0.2) is 27.6 Å². The number of amides is 2. The zero-order chi connectivity index (χ0) is 19.5. The Labute approximate surface area is 162 Å². The summed E-state index contributed by atoms with van der Waals surface area (Å²) >= 11 is 0. The van der Waals surface area contributed by atoms with Crippen LogP contribution in [0.1, 0.15) is 36.8 Å². The van der Waals surface area contributed by atoms with Gasteiger partial charge in [0.25, 0.3) is 0 Å². The second-order valence-electron chi connectivity index (χ2n) is 6.96. The molecule has 28 heavy (non-hydrogen) atoms. The number of likely N-dealkylation sites (tertiary alicyclic amines) is 1.